The molecule has 0 aliphatic carbocycles. The van der Waals surface area contributed by atoms with Crippen molar-refractivity contribution >= 4 is 17.9 Å². The van der Waals surface area contributed by atoms with Crippen LogP contribution in [0.3, 0.4) is 0 Å². The van der Waals surface area contributed by atoms with E-state index in [1.54, 1.807) is 0 Å². The molecule has 0 fully saturated rings. The highest BCUT2D eigenvalue weighted by Gasteiger charge is 2.19. The molecule has 0 aromatic carbocycles. The molecule has 0 aromatic rings. The second-order valence-electron chi connectivity index (χ2n) is 20.2. The summed E-state index contributed by atoms with van der Waals surface area (Å²) in [4.78, 5) is 38.2. The first-order valence-corrected chi connectivity index (χ1v) is 30.6. The third kappa shape index (κ3) is 57.5. The molecular formula is C66H114O6. The van der Waals surface area contributed by atoms with E-state index in [1.807, 2.05) is 0 Å². The summed E-state index contributed by atoms with van der Waals surface area (Å²) < 4.78 is 16.9. The van der Waals surface area contributed by atoms with Gasteiger partial charge in [0.2, 0.25) is 0 Å². The third-order valence-corrected chi connectivity index (χ3v) is 13.1. The van der Waals surface area contributed by atoms with Crippen LogP contribution >= 0.6 is 0 Å². The highest BCUT2D eigenvalue weighted by Crippen LogP contribution is 2.16. The number of hydrogen-bond donors (Lipinski definition) is 0. The van der Waals surface area contributed by atoms with E-state index in [9.17, 15) is 14.4 Å². The summed E-state index contributed by atoms with van der Waals surface area (Å²) in [5.41, 5.74) is 0. The van der Waals surface area contributed by atoms with Crippen LogP contribution in [0.25, 0.3) is 0 Å². The van der Waals surface area contributed by atoms with Crippen LogP contribution in [0.15, 0.2) is 85.1 Å². The smallest absolute Gasteiger partial charge is 0.306 e. The molecule has 6 nitrogen and oxygen atoms in total. The molecule has 0 rings (SSSR count). The van der Waals surface area contributed by atoms with Gasteiger partial charge in [0.1, 0.15) is 13.2 Å². The van der Waals surface area contributed by atoms with E-state index < -0.39 is 6.10 Å². The molecule has 0 radical (unpaired) electrons. The first-order chi connectivity index (χ1) is 35.5. The lowest BCUT2D eigenvalue weighted by Crippen LogP contribution is -2.30. The first-order valence-electron chi connectivity index (χ1n) is 30.6. The fourth-order valence-corrected chi connectivity index (χ4v) is 8.57. The minimum absolute atomic E-state index is 0.0981. The number of hydrogen-bond acceptors (Lipinski definition) is 6. The first kappa shape index (κ1) is 68.6. The fraction of sp³-hybridized carbons (Fsp3) is 0.742. The maximum atomic E-state index is 12.9. The number of allylic oxidation sites excluding steroid dienone is 14. The number of esters is 3. The summed E-state index contributed by atoms with van der Waals surface area (Å²) in [5, 5.41) is 0. The average molecular weight is 1000 g/mol. The van der Waals surface area contributed by atoms with Crippen LogP contribution in [0.4, 0.5) is 0 Å². The van der Waals surface area contributed by atoms with Crippen LogP contribution in [-0.4, -0.2) is 37.2 Å². The Balaban J connectivity index is 4.43. The van der Waals surface area contributed by atoms with Crippen LogP contribution < -0.4 is 0 Å². The van der Waals surface area contributed by atoms with E-state index in [0.29, 0.717) is 19.3 Å². The number of carbonyl (C=O) groups is 3. The summed E-state index contributed by atoms with van der Waals surface area (Å²) in [6.07, 6.45) is 78.7. The molecule has 0 aromatic heterocycles. The Labute approximate surface area is 445 Å². The zero-order valence-electron chi connectivity index (χ0n) is 47.4. The van der Waals surface area contributed by atoms with Crippen LogP contribution in [0.2, 0.25) is 0 Å². The summed E-state index contributed by atoms with van der Waals surface area (Å²) in [7, 11) is 0. The summed E-state index contributed by atoms with van der Waals surface area (Å²) >= 11 is 0. The summed E-state index contributed by atoms with van der Waals surface area (Å²) in [5.74, 6) is -0.950. The molecule has 0 saturated carbocycles. The molecule has 6 heteroatoms. The largest absolute Gasteiger partial charge is 0.462 e. The van der Waals surface area contributed by atoms with Gasteiger partial charge in [0.15, 0.2) is 6.10 Å². The predicted molar refractivity (Wildman–Crippen MR) is 311 cm³/mol. The van der Waals surface area contributed by atoms with Gasteiger partial charge in [0.05, 0.1) is 0 Å². The maximum Gasteiger partial charge on any atom is 0.306 e. The number of rotatable bonds is 55. The molecule has 0 N–H and O–H groups in total. The quantitative estimate of drug-likeness (QED) is 0.0261. The zero-order valence-corrected chi connectivity index (χ0v) is 47.4. The minimum atomic E-state index is -0.808. The van der Waals surface area contributed by atoms with Crippen LogP contribution in [0.1, 0.15) is 297 Å². The fourth-order valence-electron chi connectivity index (χ4n) is 8.57. The number of unbranched alkanes of at least 4 members (excludes halogenated alkanes) is 30. The average Bonchev–Trinajstić information content (AvgIpc) is 3.38. The summed E-state index contributed by atoms with van der Waals surface area (Å²) in [6.45, 7) is 6.50. The van der Waals surface area contributed by atoms with E-state index in [-0.39, 0.29) is 37.5 Å². The Morgan fingerprint density at radius 1 is 0.292 bits per heavy atom. The number of ether oxygens (including phenoxy) is 3. The van der Waals surface area contributed by atoms with Crippen molar-refractivity contribution in [3.63, 3.8) is 0 Å². The lowest BCUT2D eigenvalue weighted by Gasteiger charge is -2.18. The highest BCUT2D eigenvalue weighted by molar-refractivity contribution is 5.71. The highest BCUT2D eigenvalue weighted by atomic mass is 16.6. The van der Waals surface area contributed by atoms with Crippen LogP contribution in [-0.2, 0) is 28.6 Å². The molecular weight excluding hydrogens is 889 g/mol. The second kappa shape index (κ2) is 60.1. The SMILES string of the molecule is CC/C=C\C/C=C\C/C=C\C/C=C\C/C=C\CCCC(=O)OC(COC(=O)CCCCCCCCCCC/C=C\C/C=C\CCCCCCC)COC(=O)CCCCCCCCCCCCCCCCCC. The Hall–Kier alpha value is -3.41. The van der Waals surface area contributed by atoms with Crippen molar-refractivity contribution in [1.29, 1.82) is 0 Å². The van der Waals surface area contributed by atoms with Gasteiger partial charge >= 0.3 is 17.9 Å². The molecule has 1 unspecified atom stereocenters. The topological polar surface area (TPSA) is 78.9 Å². The molecule has 0 amide bonds. The summed E-state index contributed by atoms with van der Waals surface area (Å²) in [6, 6.07) is 0. The zero-order chi connectivity index (χ0) is 52.2. The Morgan fingerprint density at radius 2 is 0.556 bits per heavy atom. The van der Waals surface area contributed by atoms with Crippen molar-refractivity contribution in [1.82, 2.24) is 0 Å². The second-order valence-corrected chi connectivity index (χ2v) is 20.2. The van der Waals surface area contributed by atoms with Gasteiger partial charge in [-0.1, -0.05) is 273 Å². The molecule has 0 aliphatic rings. The molecule has 0 spiro atoms. The van der Waals surface area contributed by atoms with Gasteiger partial charge in [-0.05, 0) is 89.9 Å². The number of carbonyl (C=O) groups excluding carboxylic acids is 3. The minimum Gasteiger partial charge on any atom is -0.462 e. The molecule has 0 aliphatic heterocycles. The van der Waals surface area contributed by atoms with Crippen molar-refractivity contribution in [2.24, 2.45) is 0 Å². The van der Waals surface area contributed by atoms with Crippen molar-refractivity contribution in [3.8, 4) is 0 Å². The maximum absolute atomic E-state index is 12.9. The van der Waals surface area contributed by atoms with Gasteiger partial charge in [-0.15, -0.1) is 0 Å². The van der Waals surface area contributed by atoms with Gasteiger partial charge < -0.3 is 14.2 Å². The molecule has 1 atom stereocenters. The molecule has 72 heavy (non-hydrogen) atoms. The van der Waals surface area contributed by atoms with E-state index in [0.717, 1.165) is 83.5 Å². The van der Waals surface area contributed by atoms with Crippen molar-refractivity contribution in [2.45, 2.75) is 303 Å². The van der Waals surface area contributed by atoms with E-state index in [4.69, 9.17) is 14.2 Å². The van der Waals surface area contributed by atoms with Gasteiger partial charge in [-0.25, -0.2) is 0 Å². The Bertz CT molecular complexity index is 1380. The van der Waals surface area contributed by atoms with E-state index in [2.05, 4.69) is 106 Å². The van der Waals surface area contributed by atoms with Crippen LogP contribution in [0.5, 0.6) is 0 Å². The van der Waals surface area contributed by atoms with Crippen molar-refractivity contribution in [3.05, 3.63) is 85.1 Å². The monoisotopic (exact) mass is 1000 g/mol. The lowest BCUT2D eigenvalue weighted by atomic mass is 10.0. The van der Waals surface area contributed by atoms with E-state index in [1.165, 1.54) is 167 Å². The predicted octanol–water partition coefficient (Wildman–Crippen LogP) is 20.7. The lowest BCUT2D eigenvalue weighted by molar-refractivity contribution is -0.167. The Morgan fingerprint density at radius 3 is 0.889 bits per heavy atom. The van der Waals surface area contributed by atoms with Crippen LogP contribution in [0, 0.1) is 0 Å². The third-order valence-electron chi connectivity index (χ3n) is 13.1. The molecule has 414 valence electrons. The van der Waals surface area contributed by atoms with Gasteiger partial charge in [-0.3, -0.25) is 14.4 Å². The van der Waals surface area contributed by atoms with Gasteiger partial charge in [-0.2, -0.15) is 0 Å². The molecule has 0 heterocycles. The van der Waals surface area contributed by atoms with E-state index >= 15 is 0 Å². The standard InChI is InChI=1S/C66H114O6/c1-4-7-10-13-16-19-22-25-28-31-32-33-34-36-38-41-44-47-50-53-56-59-65(68)71-62-63(61-70-64(67)58-55-52-49-46-43-40-37-30-27-24-21-18-15-12-9-6-3)72-66(69)60-57-54-51-48-45-42-39-35-29-26-23-20-17-14-11-8-5-2/h8,11,17,20,22,25-26,29,31-32,39,42,48,51,63H,4-7,9-10,12-16,18-19,21,23-24,27-28,30,33-38,40-41,43-47,49-50,52-62H2,1-3H3/b11-8-,20-17-,25-22-,29-26-,32-31-,42-39-,51-48-. The molecule has 0 saturated heterocycles. The normalized spacial score (nSPS) is 12.7. The van der Waals surface area contributed by atoms with Gasteiger partial charge in [0, 0.05) is 19.3 Å². The van der Waals surface area contributed by atoms with Crippen molar-refractivity contribution < 1.29 is 28.6 Å². The van der Waals surface area contributed by atoms with Crippen molar-refractivity contribution in [2.75, 3.05) is 13.2 Å². The molecule has 0 bridgehead atoms. The Kier molecular flexibility index (Phi) is 57.3. The van der Waals surface area contributed by atoms with Gasteiger partial charge in [0.25, 0.3) is 0 Å².